The van der Waals surface area contributed by atoms with E-state index in [-0.39, 0.29) is 24.9 Å². The van der Waals surface area contributed by atoms with Gasteiger partial charge in [-0.2, -0.15) is 0 Å². The SMILES string of the molecule is CCCCC/C=C/C=C/CCCCCCCCC(=O)OC(CCCCCC/C=C/C=C/CCCCC)CC(=O)NC(CO)C(O)CCCCCCCCCCCCCCCC. The molecule has 0 fully saturated rings. The van der Waals surface area contributed by atoms with E-state index < -0.39 is 18.2 Å². The Morgan fingerprint density at radius 1 is 0.475 bits per heavy atom. The number of hydrogen-bond acceptors (Lipinski definition) is 5. The quantitative estimate of drug-likeness (QED) is 0.0322. The topological polar surface area (TPSA) is 95.9 Å². The van der Waals surface area contributed by atoms with Gasteiger partial charge in [0.05, 0.1) is 25.2 Å². The average molecular weight is 856 g/mol. The summed E-state index contributed by atoms with van der Waals surface area (Å²) in [5, 5.41) is 23.8. The third-order valence-corrected chi connectivity index (χ3v) is 11.9. The number of allylic oxidation sites excluding steroid dienone is 8. The van der Waals surface area contributed by atoms with Gasteiger partial charge in [0.1, 0.15) is 6.10 Å². The summed E-state index contributed by atoms with van der Waals surface area (Å²) in [7, 11) is 0. The van der Waals surface area contributed by atoms with Gasteiger partial charge < -0.3 is 20.3 Å². The minimum atomic E-state index is -0.795. The first kappa shape index (κ1) is 58.8. The highest BCUT2D eigenvalue weighted by Crippen LogP contribution is 2.18. The maximum atomic E-state index is 13.2. The van der Waals surface area contributed by atoms with Gasteiger partial charge in [-0.05, 0) is 77.0 Å². The van der Waals surface area contributed by atoms with Crippen LogP contribution in [0.25, 0.3) is 0 Å². The second-order valence-corrected chi connectivity index (χ2v) is 18.0. The summed E-state index contributed by atoms with van der Waals surface area (Å²) in [6.45, 7) is 6.42. The number of hydrogen-bond donors (Lipinski definition) is 3. The molecule has 0 spiro atoms. The molecule has 1 amide bonds. The van der Waals surface area contributed by atoms with E-state index in [1.165, 1.54) is 135 Å². The molecule has 0 radical (unpaired) electrons. The number of aliphatic hydroxyl groups excluding tert-OH is 2. The van der Waals surface area contributed by atoms with Crippen molar-refractivity contribution in [2.24, 2.45) is 0 Å². The number of amides is 1. The van der Waals surface area contributed by atoms with E-state index in [0.29, 0.717) is 19.3 Å². The van der Waals surface area contributed by atoms with Gasteiger partial charge >= 0.3 is 5.97 Å². The number of rotatable bonds is 47. The van der Waals surface area contributed by atoms with E-state index in [1.54, 1.807) is 0 Å². The van der Waals surface area contributed by atoms with Crippen LogP contribution >= 0.6 is 0 Å². The molecule has 0 aromatic carbocycles. The minimum absolute atomic E-state index is 0.0598. The minimum Gasteiger partial charge on any atom is -0.462 e. The van der Waals surface area contributed by atoms with Crippen LogP contribution in [0.1, 0.15) is 265 Å². The number of esters is 1. The molecule has 0 aliphatic heterocycles. The first-order chi connectivity index (χ1) is 30.0. The summed E-state index contributed by atoms with van der Waals surface area (Å²) < 4.78 is 5.92. The molecule has 0 aromatic heterocycles. The largest absolute Gasteiger partial charge is 0.462 e. The maximum absolute atomic E-state index is 13.2. The van der Waals surface area contributed by atoms with E-state index in [9.17, 15) is 19.8 Å². The normalized spacial score (nSPS) is 13.6. The summed E-state index contributed by atoms with van der Waals surface area (Å²) in [6.07, 6.45) is 58.8. The Kier molecular flexibility index (Phi) is 47.1. The fourth-order valence-corrected chi connectivity index (χ4v) is 7.88. The van der Waals surface area contributed by atoms with Crippen molar-refractivity contribution >= 4 is 11.9 Å². The van der Waals surface area contributed by atoms with Gasteiger partial charge in [-0.25, -0.2) is 0 Å². The van der Waals surface area contributed by atoms with Gasteiger partial charge in [0.2, 0.25) is 5.91 Å². The molecular weight excluding hydrogens is 755 g/mol. The van der Waals surface area contributed by atoms with Gasteiger partial charge in [0, 0.05) is 6.42 Å². The first-order valence-electron chi connectivity index (χ1n) is 26.4. The number of carbonyl (C=O) groups is 2. The van der Waals surface area contributed by atoms with Crippen molar-refractivity contribution < 1.29 is 24.5 Å². The van der Waals surface area contributed by atoms with E-state index in [4.69, 9.17) is 4.74 Å². The van der Waals surface area contributed by atoms with Crippen LogP contribution in [0.3, 0.4) is 0 Å². The number of aliphatic hydroxyl groups is 2. The molecule has 6 nitrogen and oxygen atoms in total. The Morgan fingerprint density at radius 3 is 1.25 bits per heavy atom. The van der Waals surface area contributed by atoms with Crippen molar-refractivity contribution in [1.82, 2.24) is 5.32 Å². The molecule has 356 valence electrons. The molecule has 0 heterocycles. The predicted molar refractivity (Wildman–Crippen MR) is 264 cm³/mol. The molecule has 3 unspecified atom stereocenters. The highest BCUT2D eigenvalue weighted by Gasteiger charge is 2.24. The Balaban J connectivity index is 4.60. The average Bonchev–Trinajstić information content (AvgIpc) is 3.25. The van der Waals surface area contributed by atoms with Crippen LogP contribution in [0.4, 0.5) is 0 Å². The van der Waals surface area contributed by atoms with Gasteiger partial charge in [0.15, 0.2) is 0 Å². The van der Waals surface area contributed by atoms with Crippen molar-refractivity contribution in [2.45, 2.75) is 283 Å². The monoisotopic (exact) mass is 856 g/mol. The molecule has 61 heavy (non-hydrogen) atoms. The molecule has 3 atom stereocenters. The Hall–Kier alpha value is -2.18. The lowest BCUT2D eigenvalue weighted by atomic mass is 10.0. The molecule has 0 bridgehead atoms. The molecule has 0 rings (SSSR count). The van der Waals surface area contributed by atoms with Crippen LogP contribution in [0, 0.1) is 0 Å². The number of ether oxygens (including phenoxy) is 1. The van der Waals surface area contributed by atoms with Crippen LogP contribution in [-0.2, 0) is 14.3 Å². The van der Waals surface area contributed by atoms with Crippen LogP contribution in [0.5, 0.6) is 0 Å². The lowest BCUT2D eigenvalue weighted by Crippen LogP contribution is -2.46. The summed E-state index contributed by atoms with van der Waals surface area (Å²) in [4.78, 5) is 26.1. The van der Waals surface area contributed by atoms with E-state index >= 15 is 0 Å². The second kappa shape index (κ2) is 48.8. The highest BCUT2D eigenvalue weighted by atomic mass is 16.5. The zero-order valence-corrected chi connectivity index (χ0v) is 40.5. The first-order valence-corrected chi connectivity index (χ1v) is 26.4. The zero-order valence-electron chi connectivity index (χ0n) is 40.5. The highest BCUT2D eigenvalue weighted by molar-refractivity contribution is 5.77. The summed E-state index contributed by atoms with van der Waals surface area (Å²) in [5.74, 6) is -0.502. The maximum Gasteiger partial charge on any atom is 0.306 e. The van der Waals surface area contributed by atoms with Crippen molar-refractivity contribution in [3.8, 4) is 0 Å². The van der Waals surface area contributed by atoms with Crippen molar-refractivity contribution in [2.75, 3.05) is 6.61 Å². The van der Waals surface area contributed by atoms with Crippen molar-refractivity contribution in [1.29, 1.82) is 0 Å². The molecule has 0 aromatic rings. The molecule has 0 aliphatic carbocycles. The zero-order chi connectivity index (χ0) is 44.5. The molecule has 3 N–H and O–H groups in total. The second-order valence-electron chi connectivity index (χ2n) is 18.0. The van der Waals surface area contributed by atoms with E-state index in [1.807, 2.05) is 0 Å². The van der Waals surface area contributed by atoms with Crippen molar-refractivity contribution in [3.63, 3.8) is 0 Å². The van der Waals surface area contributed by atoms with Crippen molar-refractivity contribution in [3.05, 3.63) is 48.6 Å². The van der Waals surface area contributed by atoms with Gasteiger partial charge in [-0.3, -0.25) is 9.59 Å². The smallest absolute Gasteiger partial charge is 0.306 e. The number of nitrogens with one attached hydrogen (secondary N) is 1. The lowest BCUT2D eigenvalue weighted by molar-refractivity contribution is -0.151. The Morgan fingerprint density at radius 2 is 0.820 bits per heavy atom. The third-order valence-electron chi connectivity index (χ3n) is 11.9. The Labute approximate surface area is 378 Å². The summed E-state index contributed by atoms with van der Waals surface area (Å²) in [6, 6.07) is -0.710. The van der Waals surface area contributed by atoms with Crippen LogP contribution in [0.15, 0.2) is 48.6 Å². The van der Waals surface area contributed by atoms with Gasteiger partial charge in [-0.15, -0.1) is 0 Å². The molecule has 6 heteroatoms. The fraction of sp³-hybridized carbons (Fsp3) is 0.818. The van der Waals surface area contributed by atoms with Crippen LogP contribution < -0.4 is 5.32 Å². The molecular formula is C55H101NO5. The van der Waals surface area contributed by atoms with Crippen LogP contribution in [-0.4, -0.2) is 46.9 Å². The summed E-state index contributed by atoms with van der Waals surface area (Å²) >= 11 is 0. The lowest BCUT2D eigenvalue weighted by Gasteiger charge is -2.24. The molecule has 0 saturated carbocycles. The third kappa shape index (κ3) is 44.2. The van der Waals surface area contributed by atoms with Crippen LogP contribution in [0.2, 0.25) is 0 Å². The predicted octanol–water partition coefficient (Wildman–Crippen LogP) is 15.8. The molecule has 0 saturated heterocycles. The number of carbonyl (C=O) groups excluding carboxylic acids is 2. The Bertz CT molecular complexity index is 1050. The summed E-state index contributed by atoms with van der Waals surface area (Å²) in [5.41, 5.74) is 0. The molecule has 0 aliphatic rings. The van der Waals surface area contributed by atoms with E-state index in [2.05, 4.69) is 74.7 Å². The van der Waals surface area contributed by atoms with E-state index in [0.717, 1.165) is 83.5 Å². The fourth-order valence-electron chi connectivity index (χ4n) is 7.88. The standard InChI is InChI=1S/C55H101NO5/c1-4-7-10-13-16-19-22-25-27-30-33-36-39-42-45-48-55(60)61-51(46-43-40-37-34-31-28-24-21-18-15-12-9-6-3)49-54(59)56-52(50-57)53(58)47-44-41-38-35-32-29-26-23-20-17-14-11-8-5-2/h16,18-19,21-22,24-25,28,51-53,57-58H,4-15,17,20,23,26-27,29-50H2,1-3H3,(H,56,59)/b19-16+,21-18+,25-22+,28-24+. The van der Waals surface area contributed by atoms with Gasteiger partial charge in [-0.1, -0.05) is 223 Å². The number of unbranched alkanes of at least 4 members (excludes halogenated alkanes) is 29. The van der Waals surface area contributed by atoms with Gasteiger partial charge in [0.25, 0.3) is 0 Å².